The molecule has 0 aliphatic carbocycles. The third-order valence-corrected chi connectivity index (χ3v) is 8.94. The highest BCUT2D eigenvalue weighted by atomic mass is 16.3. The second-order valence-corrected chi connectivity index (χ2v) is 11.8. The van der Waals surface area contributed by atoms with E-state index in [1.165, 1.54) is 33.0 Å². The predicted molar refractivity (Wildman–Crippen MR) is 194 cm³/mol. The maximum Gasteiger partial charge on any atom is 0.164 e. The third kappa shape index (κ3) is 4.86. The normalized spacial score (nSPS) is 11.4. The van der Waals surface area contributed by atoms with E-state index in [0.29, 0.717) is 5.82 Å². The first-order chi connectivity index (χ1) is 23.3. The number of nitrogens with zero attached hydrogens (tertiary/aromatic N) is 2. The first kappa shape index (κ1) is 27.0. The summed E-state index contributed by atoms with van der Waals surface area (Å²) < 4.78 is 6.41. The molecule has 0 spiro atoms. The SMILES string of the molecule is c1ccc(-c2ccc(-c3cc(-c4ccc(-c5cccc6ccccc56)cc4)nc(-c4cccc5c4oc4ccccc45)n3)cc2)cc1. The minimum absolute atomic E-state index is 0.632. The molecular formula is C44H28N2O. The monoisotopic (exact) mass is 600 g/mol. The number of benzene rings is 7. The first-order valence-corrected chi connectivity index (χ1v) is 15.8. The molecule has 9 rings (SSSR count). The van der Waals surface area contributed by atoms with E-state index in [1.807, 2.05) is 24.3 Å². The summed E-state index contributed by atoms with van der Waals surface area (Å²) in [5.41, 5.74) is 11.0. The number of furan rings is 1. The van der Waals surface area contributed by atoms with E-state index in [2.05, 4.69) is 146 Å². The van der Waals surface area contributed by atoms with Crippen LogP contribution in [0.15, 0.2) is 174 Å². The molecule has 3 nitrogen and oxygen atoms in total. The van der Waals surface area contributed by atoms with Crippen LogP contribution in [-0.2, 0) is 0 Å². The Balaban J connectivity index is 1.19. The fourth-order valence-electron chi connectivity index (χ4n) is 6.55. The van der Waals surface area contributed by atoms with Crippen LogP contribution in [0.4, 0.5) is 0 Å². The van der Waals surface area contributed by atoms with Gasteiger partial charge < -0.3 is 4.42 Å². The van der Waals surface area contributed by atoms with Crippen molar-refractivity contribution >= 4 is 32.7 Å². The number of aromatic nitrogens is 2. The van der Waals surface area contributed by atoms with Crippen LogP contribution in [0.5, 0.6) is 0 Å². The molecule has 0 fully saturated rings. The van der Waals surface area contributed by atoms with Crippen molar-refractivity contribution in [3.63, 3.8) is 0 Å². The van der Waals surface area contributed by atoms with Crippen LogP contribution < -0.4 is 0 Å². The molecule has 7 aromatic carbocycles. The largest absolute Gasteiger partial charge is 0.455 e. The Kier molecular flexibility index (Phi) is 6.46. The highest BCUT2D eigenvalue weighted by molar-refractivity contribution is 6.09. The van der Waals surface area contributed by atoms with Gasteiger partial charge in [-0.15, -0.1) is 0 Å². The molecule has 2 aromatic heterocycles. The summed E-state index contributed by atoms with van der Waals surface area (Å²) in [4.78, 5) is 10.3. The second-order valence-electron chi connectivity index (χ2n) is 11.8. The zero-order valence-electron chi connectivity index (χ0n) is 25.5. The van der Waals surface area contributed by atoms with Crippen LogP contribution >= 0.6 is 0 Å². The van der Waals surface area contributed by atoms with E-state index in [1.54, 1.807) is 0 Å². The van der Waals surface area contributed by atoms with Gasteiger partial charge in [-0.2, -0.15) is 0 Å². The molecule has 0 saturated carbocycles. The highest BCUT2D eigenvalue weighted by Crippen LogP contribution is 2.37. The van der Waals surface area contributed by atoms with Crippen LogP contribution in [-0.4, -0.2) is 9.97 Å². The molecule has 9 aromatic rings. The Bertz CT molecular complexity index is 2540. The van der Waals surface area contributed by atoms with Crippen molar-refractivity contribution in [2.24, 2.45) is 0 Å². The maximum atomic E-state index is 6.41. The van der Waals surface area contributed by atoms with Crippen molar-refractivity contribution in [2.75, 3.05) is 0 Å². The Morgan fingerprint density at radius 1 is 0.362 bits per heavy atom. The van der Waals surface area contributed by atoms with Crippen molar-refractivity contribution in [3.8, 4) is 56.2 Å². The van der Waals surface area contributed by atoms with E-state index >= 15 is 0 Å². The van der Waals surface area contributed by atoms with Crippen molar-refractivity contribution in [1.82, 2.24) is 9.97 Å². The van der Waals surface area contributed by atoms with Gasteiger partial charge in [0.05, 0.1) is 17.0 Å². The summed E-state index contributed by atoms with van der Waals surface area (Å²) in [5.74, 6) is 0.632. The van der Waals surface area contributed by atoms with E-state index in [-0.39, 0.29) is 0 Å². The van der Waals surface area contributed by atoms with Crippen molar-refractivity contribution < 1.29 is 4.42 Å². The second kappa shape index (κ2) is 11.2. The molecule has 0 aliphatic rings. The summed E-state index contributed by atoms with van der Waals surface area (Å²) in [7, 11) is 0. The molecular weight excluding hydrogens is 572 g/mol. The van der Waals surface area contributed by atoms with Crippen LogP contribution in [0.3, 0.4) is 0 Å². The molecule has 2 heterocycles. The van der Waals surface area contributed by atoms with Gasteiger partial charge in [0.15, 0.2) is 5.82 Å². The van der Waals surface area contributed by atoms with E-state index < -0.39 is 0 Å². The lowest BCUT2D eigenvalue weighted by molar-refractivity contribution is 0.669. The molecule has 0 unspecified atom stereocenters. The van der Waals surface area contributed by atoms with Crippen LogP contribution in [0.2, 0.25) is 0 Å². The lowest BCUT2D eigenvalue weighted by Gasteiger charge is -2.11. The molecule has 0 amide bonds. The minimum atomic E-state index is 0.632. The van der Waals surface area contributed by atoms with E-state index in [9.17, 15) is 0 Å². The van der Waals surface area contributed by atoms with E-state index in [0.717, 1.165) is 50.0 Å². The average molecular weight is 601 g/mol. The quantitative estimate of drug-likeness (QED) is 0.197. The van der Waals surface area contributed by atoms with Gasteiger partial charge in [0.1, 0.15) is 11.2 Å². The Morgan fingerprint density at radius 3 is 1.66 bits per heavy atom. The average Bonchev–Trinajstić information content (AvgIpc) is 3.54. The molecule has 0 saturated heterocycles. The van der Waals surface area contributed by atoms with Gasteiger partial charge in [0.25, 0.3) is 0 Å². The highest BCUT2D eigenvalue weighted by Gasteiger charge is 2.17. The third-order valence-electron chi connectivity index (χ3n) is 8.94. The van der Waals surface area contributed by atoms with Gasteiger partial charge in [-0.05, 0) is 51.2 Å². The molecule has 0 radical (unpaired) electrons. The van der Waals surface area contributed by atoms with Crippen LogP contribution in [0.25, 0.3) is 88.9 Å². The fourth-order valence-corrected chi connectivity index (χ4v) is 6.55. The zero-order valence-corrected chi connectivity index (χ0v) is 25.5. The van der Waals surface area contributed by atoms with Gasteiger partial charge in [-0.1, -0.05) is 152 Å². The van der Waals surface area contributed by atoms with Crippen LogP contribution in [0.1, 0.15) is 0 Å². The Labute approximate surface area is 272 Å². The fraction of sp³-hybridized carbons (Fsp3) is 0. The van der Waals surface area contributed by atoms with Gasteiger partial charge in [0, 0.05) is 21.9 Å². The molecule has 47 heavy (non-hydrogen) atoms. The lowest BCUT2D eigenvalue weighted by atomic mass is 9.97. The summed E-state index contributed by atoms with van der Waals surface area (Å²) in [6.07, 6.45) is 0. The first-order valence-electron chi connectivity index (χ1n) is 15.8. The molecule has 220 valence electrons. The summed E-state index contributed by atoms with van der Waals surface area (Å²) in [6, 6.07) is 59.2. The van der Waals surface area contributed by atoms with Crippen molar-refractivity contribution in [2.45, 2.75) is 0 Å². The standard InChI is InChI=1S/C44H28N2O/c1-2-10-29(11-3-1)30-20-24-33(25-21-30)40-28-41(34-26-22-32(23-27-34)36-16-8-13-31-12-4-5-14-35(31)36)46-44(45-40)39-18-9-17-38-37-15-6-7-19-42(37)47-43(38)39/h1-28H. The Hall–Kier alpha value is -6.32. The predicted octanol–water partition coefficient (Wildman–Crippen LogP) is 11.9. The van der Waals surface area contributed by atoms with Gasteiger partial charge in [-0.25, -0.2) is 9.97 Å². The summed E-state index contributed by atoms with van der Waals surface area (Å²) in [5, 5.41) is 4.62. The number of para-hydroxylation sites is 2. The van der Waals surface area contributed by atoms with Crippen molar-refractivity contribution in [1.29, 1.82) is 0 Å². The van der Waals surface area contributed by atoms with Gasteiger partial charge >= 0.3 is 0 Å². The number of fused-ring (bicyclic) bond motifs is 4. The van der Waals surface area contributed by atoms with Crippen LogP contribution in [0, 0.1) is 0 Å². The molecule has 3 heteroatoms. The number of hydrogen-bond acceptors (Lipinski definition) is 3. The molecule has 0 aliphatic heterocycles. The van der Waals surface area contributed by atoms with E-state index in [4.69, 9.17) is 14.4 Å². The molecule has 0 N–H and O–H groups in total. The summed E-state index contributed by atoms with van der Waals surface area (Å²) >= 11 is 0. The summed E-state index contributed by atoms with van der Waals surface area (Å²) in [6.45, 7) is 0. The molecule has 0 atom stereocenters. The zero-order chi connectivity index (χ0) is 31.2. The smallest absolute Gasteiger partial charge is 0.164 e. The number of hydrogen-bond donors (Lipinski definition) is 0. The minimum Gasteiger partial charge on any atom is -0.455 e. The Morgan fingerprint density at radius 2 is 0.894 bits per heavy atom. The lowest BCUT2D eigenvalue weighted by Crippen LogP contribution is -1.96. The maximum absolute atomic E-state index is 6.41. The molecule has 0 bridgehead atoms. The van der Waals surface area contributed by atoms with Gasteiger partial charge in [0.2, 0.25) is 0 Å². The number of rotatable bonds is 5. The van der Waals surface area contributed by atoms with Crippen molar-refractivity contribution in [3.05, 3.63) is 170 Å². The van der Waals surface area contributed by atoms with Gasteiger partial charge in [-0.3, -0.25) is 0 Å². The topological polar surface area (TPSA) is 38.9 Å².